The van der Waals surface area contributed by atoms with Crippen molar-refractivity contribution in [3.63, 3.8) is 0 Å². The Hall–Kier alpha value is -0.940. The van der Waals surface area contributed by atoms with Crippen molar-refractivity contribution in [1.29, 1.82) is 0 Å². The molecule has 1 aliphatic rings. The van der Waals surface area contributed by atoms with Gasteiger partial charge in [0.05, 0.1) is 19.3 Å². The van der Waals surface area contributed by atoms with Gasteiger partial charge < -0.3 is 15.2 Å². The van der Waals surface area contributed by atoms with Crippen LogP contribution in [0.2, 0.25) is 0 Å². The van der Waals surface area contributed by atoms with E-state index in [2.05, 4.69) is 17.1 Å². The predicted octanol–water partition coefficient (Wildman–Crippen LogP) is 0.858. The minimum Gasteiger partial charge on any atom is -0.389 e. The first-order valence-corrected chi connectivity index (χ1v) is 7.04. The topological polar surface area (TPSA) is 44.7 Å². The summed E-state index contributed by atoms with van der Waals surface area (Å²) in [6.07, 6.45) is -0.413. The Morgan fingerprint density at radius 3 is 2.68 bits per heavy atom. The quantitative estimate of drug-likeness (QED) is 0.731. The smallest absolute Gasteiger partial charge is 0.0900 e. The van der Waals surface area contributed by atoms with Gasteiger partial charge in [-0.1, -0.05) is 37.3 Å². The number of benzene rings is 1. The largest absolute Gasteiger partial charge is 0.389 e. The van der Waals surface area contributed by atoms with Crippen molar-refractivity contribution in [2.45, 2.75) is 25.7 Å². The van der Waals surface area contributed by atoms with Crippen LogP contribution >= 0.6 is 0 Å². The minimum atomic E-state index is -0.413. The van der Waals surface area contributed by atoms with E-state index in [1.54, 1.807) is 0 Å². The Labute approximate surface area is 115 Å². The molecule has 19 heavy (non-hydrogen) atoms. The standard InChI is InChI=1S/C15H24N2O2/c1-2-17(14-8-16-9-14)10-15(18)12-19-11-13-6-4-3-5-7-13/h3-7,14-16,18H,2,8-12H2,1H3. The lowest BCUT2D eigenvalue weighted by atomic mass is 10.1. The van der Waals surface area contributed by atoms with Crippen molar-refractivity contribution in [1.82, 2.24) is 10.2 Å². The van der Waals surface area contributed by atoms with E-state index in [1.165, 1.54) is 0 Å². The number of nitrogens with zero attached hydrogens (tertiary/aromatic N) is 1. The fraction of sp³-hybridized carbons (Fsp3) is 0.600. The van der Waals surface area contributed by atoms with Crippen LogP contribution < -0.4 is 5.32 Å². The summed E-state index contributed by atoms with van der Waals surface area (Å²) in [6.45, 7) is 6.83. The van der Waals surface area contributed by atoms with Crippen LogP contribution in [0.25, 0.3) is 0 Å². The molecule has 0 radical (unpaired) electrons. The zero-order chi connectivity index (χ0) is 13.5. The molecule has 1 unspecified atom stereocenters. The molecule has 0 amide bonds. The molecule has 1 aromatic rings. The van der Waals surface area contributed by atoms with E-state index < -0.39 is 6.10 Å². The van der Waals surface area contributed by atoms with Gasteiger partial charge in [-0.3, -0.25) is 4.90 Å². The van der Waals surface area contributed by atoms with Crippen molar-refractivity contribution >= 4 is 0 Å². The summed E-state index contributed by atoms with van der Waals surface area (Å²) in [5.74, 6) is 0. The van der Waals surface area contributed by atoms with Gasteiger partial charge >= 0.3 is 0 Å². The van der Waals surface area contributed by atoms with Crippen LogP contribution in [0.3, 0.4) is 0 Å². The maximum atomic E-state index is 10.0. The third-order valence-electron chi connectivity index (χ3n) is 3.55. The van der Waals surface area contributed by atoms with Gasteiger partial charge in [0.2, 0.25) is 0 Å². The summed E-state index contributed by atoms with van der Waals surface area (Å²) >= 11 is 0. The molecular weight excluding hydrogens is 240 g/mol. The Balaban J connectivity index is 1.64. The van der Waals surface area contributed by atoms with E-state index in [9.17, 15) is 5.11 Å². The molecule has 4 heteroatoms. The molecule has 1 heterocycles. The monoisotopic (exact) mass is 264 g/mol. The number of likely N-dealkylation sites (N-methyl/N-ethyl adjacent to an activating group) is 1. The highest BCUT2D eigenvalue weighted by atomic mass is 16.5. The Kier molecular flexibility index (Phi) is 5.79. The lowest BCUT2D eigenvalue weighted by Gasteiger charge is -2.38. The maximum absolute atomic E-state index is 10.0. The normalized spacial score (nSPS) is 17.4. The van der Waals surface area contributed by atoms with Crippen molar-refractivity contribution in [3.8, 4) is 0 Å². The lowest BCUT2D eigenvalue weighted by molar-refractivity contribution is -0.00145. The van der Waals surface area contributed by atoms with Gasteiger partial charge in [0.15, 0.2) is 0 Å². The van der Waals surface area contributed by atoms with Crippen LogP contribution in [0.5, 0.6) is 0 Å². The molecule has 0 spiro atoms. The molecule has 0 aromatic heterocycles. The highest BCUT2D eigenvalue weighted by Gasteiger charge is 2.24. The van der Waals surface area contributed by atoms with Crippen LogP contribution in [0.4, 0.5) is 0 Å². The van der Waals surface area contributed by atoms with Crippen molar-refractivity contribution in [2.75, 3.05) is 32.8 Å². The number of rotatable bonds is 8. The Morgan fingerprint density at radius 2 is 2.11 bits per heavy atom. The first kappa shape index (κ1) is 14.5. The van der Waals surface area contributed by atoms with E-state index >= 15 is 0 Å². The number of ether oxygens (including phenoxy) is 1. The average Bonchev–Trinajstić information content (AvgIpc) is 2.37. The van der Waals surface area contributed by atoms with Crippen LogP contribution in [-0.4, -0.2) is 54.9 Å². The first-order chi connectivity index (χ1) is 9.29. The predicted molar refractivity (Wildman–Crippen MR) is 76.0 cm³/mol. The van der Waals surface area contributed by atoms with Crippen LogP contribution in [0, 0.1) is 0 Å². The van der Waals surface area contributed by atoms with Gasteiger partial charge in [-0.25, -0.2) is 0 Å². The maximum Gasteiger partial charge on any atom is 0.0900 e. The number of nitrogens with one attached hydrogen (secondary N) is 1. The summed E-state index contributed by atoms with van der Waals surface area (Å²) in [4.78, 5) is 2.31. The fourth-order valence-corrected chi connectivity index (χ4v) is 2.28. The van der Waals surface area contributed by atoms with Gasteiger partial charge in [0.25, 0.3) is 0 Å². The van der Waals surface area contributed by atoms with Gasteiger partial charge in [-0.15, -0.1) is 0 Å². The highest BCUT2D eigenvalue weighted by Crippen LogP contribution is 2.06. The summed E-state index contributed by atoms with van der Waals surface area (Å²) in [6, 6.07) is 10.6. The third kappa shape index (κ3) is 4.58. The summed E-state index contributed by atoms with van der Waals surface area (Å²) in [5, 5.41) is 13.3. The SMILES string of the molecule is CCN(CC(O)COCc1ccccc1)C1CNC1. The van der Waals surface area contributed by atoms with Gasteiger partial charge in [-0.05, 0) is 12.1 Å². The molecule has 0 bridgehead atoms. The van der Waals surface area contributed by atoms with E-state index in [-0.39, 0.29) is 0 Å². The van der Waals surface area contributed by atoms with E-state index in [0.29, 0.717) is 25.8 Å². The lowest BCUT2D eigenvalue weighted by Crippen LogP contribution is -2.58. The van der Waals surface area contributed by atoms with E-state index in [4.69, 9.17) is 4.74 Å². The molecule has 2 rings (SSSR count). The fourth-order valence-electron chi connectivity index (χ4n) is 2.28. The van der Waals surface area contributed by atoms with Gasteiger partial charge in [0.1, 0.15) is 0 Å². The molecule has 1 saturated heterocycles. The van der Waals surface area contributed by atoms with Gasteiger partial charge in [-0.2, -0.15) is 0 Å². The second-order valence-corrected chi connectivity index (χ2v) is 5.05. The number of hydrogen-bond acceptors (Lipinski definition) is 4. The average molecular weight is 264 g/mol. The van der Waals surface area contributed by atoms with Crippen LogP contribution in [-0.2, 0) is 11.3 Å². The number of hydrogen-bond donors (Lipinski definition) is 2. The highest BCUT2D eigenvalue weighted by molar-refractivity contribution is 5.13. The molecule has 4 nitrogen and oxygen atoms in total. The number of aliphatic hydroxyl groups excluding tert-OH is 1. The van der Waals surface area contributed by atoms with E-state index in [1.807, 2.05) is 30.3 Å². The molecule has 1 aliphatic heterocycles. The van der Waals surface area contributed by atoms with Crippen molar-refractivity contribution < 1.29 is 9.84 Å². The first-order valence-electron chi connectivity index (χ1n) is 7.04. The molecule has 1 atom stereocenters. The Bertz CT molecular complexity index is 354. The molecule has 106 valence electrons. The third-order valence-corrected chi connectivity index (χ3v) is 3.55. The molecule has 0 aliphatic carbocycles. The molecule has 1 aromatic carbocycles. The van der Waals surface area contributed by atoms with Gasteiger partial charge in [0, 0.05) is 25.7 Å². The number of aliphatic hydroxyl groups is 1. The zero-order valence-corrected chi connectivity index (χ0v) is 11.6. The summed E-state index contributed by atoms with van der Waals surface area (Å²) in [7, 11) is 0. The van der Waals surface area contributed by atoms with Crippen molar-refractivity contribution in [3.05, 3.63) is 35.9 Å². The molecule has 0 saturated carbocycles. The van der Waals surface area contributed by atoms with E-state index in [0.717, 1.165) is 25.2 Å². The molecule has 1 fully saturated rings. The second-order valence-electron chi connectivity index (χ2n) is 5.05. The van der Waals surface area contributed by atoms with Crippen molar-refractivity contribution in [2.24, 2.45) is 0 Å². The second kappa shape index (κ2) is 7.60. The molecule has 2 N–H and O–H groups in total. The summed E-state index contributed by atoms with van der Waals surface area (Å²) < 4.78 is 5.57. The molecular formula is C15H24N2O2. The van der Waals surface area contributed by atoms with Crippen LogP contribution in [0.15, 0.2) is 30.3 Å². The minimum absolute atomic E-state index is 0.394. The zero-order valence-electron chi connectivity index (χ0n) is 11.6. The summed E-state index contributed by atoms with van der Waals surface area (Å²) in [5.41, 5.74) is 1.14. The van der Waals surface area contributed by atoms with Crippen LogP contribution in [0.1, 0.15) is 12.5 Å². The Morgan fingerprint density at radius 1 is 1.37 bits per heavy atom.